The highest BCUT2D eigenvalue weighted by atomic mass is 79.9. The molecule has 0 spiro atoms. The number of amides is 1. The van der Waals surface area contributed by atoms with Crippen LogP contribution in [0, 0.1) is 0 Å². The number of nitrogens with zero attached hydrogens (tertiary/aromatic N) is 2. The molecule has 0 atom stereocenters. The standard InChI is InChI=1S/C18H15BrClN3O/c1-2-13-11-17(21-18(24)15-5-3-4-6-16(15)19)22-23(13)14-9-7-12(20)8-10-14/h3-11H,2H2,1H3,(H,21,22,24). The van der Waals surface area contributed by atoms with Gasteiger partial charge >= 0.3 is 0 Å². The van der Waals surface area contributed by atoms with Crippen LogP contribution < -0.4 is 5.32 Å². The van der Waals surface area contributed by atoms with Gasteiger partial charge in [-0.15, -0.1) is 5.10 Å². The Hall–Kier alpha value is -2.11. The Labute approximate surface area is 153 Å². The van der Waals surface area contributed by atoms with E-state index in [9.17, 15) is 4.79 Å². The van der Waals surface area contributed by atoms with Crippen LogP contribution in [0.5, 0.6) is 0 Å². The summed E-state index contributed by atoms with van der Waals surface area (Å²) < 4.78 is 2.56. The van der Waals surface area contributed by atoms with E-state index in [1.54, 1.807) is 6.07 Å². The van der Waals surface area contributed by atoms with E-state index in [1.165, 1.54) is 0 Å². The van der Waals surface area contributed by atoms with Crippen molar-refractivity contribution in [3.8, 4) is 5.69 Å². The number of anilines is 1. The number of rotatable bonds is 4. The molecule has 0 radical (unpaired) electrons. The Morgan fingerprint density at radius 1 is 1.21 bits per heavy atom. The summed E-state index contributed by atoms with van der Waals surface area (Å²) in [6, 6.07) is 16.6. The van der Waals surface area contributed by atoms with Crippen LogP contribution in [0.1, 0.15) is 23.0 Å². The summed E-state index contributed by atoms with van der Waals surface area (Å²) >= 11 is 9.33. The van der Waals surface area contributed by atoms with Gasteiger partial charge in [-0.2, -0.15) is 0 Å². The number of carbonyl (C=O) groups is 1. The zero-order valence-electron chi connectivity index (χ0n) is 13.0. The molecule has 2 aromatic carbocycles. The Balaban J connectivity index is 1.89. The summed E-state index contributed by atoms with van der Waals surface area (Å²) in [4.78, 5) is 12.4. The molecule has 0 aliphatic heterocycles. The molecule has 3 aromatic rings. The third-order valence-electron chi connectivity index (χ3n) is 3.58. The Morgan fingerprint density at radius 2 is 1.92 bits per heavy atom. The second kappa shape index (κ2) is 7.20. The minimum absolute atomic E-state index is 0.203. The molecule has 6 heteroatoms. The number of carbonyl (C=O) groups excluding carboxylic acids is 1. The molecule has 0 saturated carbocycles. The summed E-state index contributed by atoms with van der Waals surface area (Å²) in [5.41, 5.74) is 2.47. The van der Waals surface area contributed by atoms with Crippen LogP contribution in [0.4, 0.5) is 5.82 Å². The van der Waals surface area contributed by atoms with Gasteiger partial charge in [0.1, 0.15) is 0 Å². The summed E-state index contributed by atoms with van der Waals surface area (Å²) in [6.07, 6.45) is 0.792. The maximum atomic E-state index is 12.4. The third kappa shape index (κ3) is 3.52. The maximum absolute atomic E-state index is 12.4. The van der Waals surface area contributed by atoms with E-state index in [0.717, 1.165) is 22.3 Å². The summed E-state index contributed by atoms with van der Waals surface area (Å²) in [5.74, 6) is 0.313. The molecular weight excluding hydrogens is 390 g/mol. The van der Waals surface area contributed by atoms with Gasteiger partial charge < -0.3 is 5.32 Å². The summed E-state index contributed by atoms with van der Waals surface area (Å²) in [6.45, 7) is 2.04. The molecule has 122 valence electrons. The maximum Gasteiger partial charge on any atom is 0.258 e. The van der Waals surface area contributed by atoms with Crippen molar-refractivity contribution in [2.45, 2.75) is 13.3 Å². The van der Waals surface area contributed by atoms with Crippen molar-refractivity contribution >= 4 is 39.3 Å². The van der Waals surface area contributed by atoms with Crippen LogP contribution in [0.15, 0.2) is 59.1 Å². The van der Waals surface area contributed by atoms with Crippen molar-refractivity contribution in [2.75, 3.05) is 5.32 Å². The molecule has 0 aliphatic rings. The van der Waals surface area contributed by atoms with E-state index in [2.05, 4.69) is 26.3 Å². The molecule has 1 amide bonds. The average Bonchev–Trinajstić information content (AvgIpc) is 2.98. The SMILES string of the molecule is CCc1cc(NC(=O)c2ccccc2Br)nn1-c1ccc(Cl)cc1. The smallest absolute Gasteiger partial charge is 0.258 e. The van der Waals surface area contributed by atoms with E-state index >= 15 is 0 Å². The van der Waals surface area contributed by atoms with Crippen molar-refractivity contribution < 1.29 is 4.79 Å². The monoisotopic (exact) mass is 403 g/mol. The lowest BCUT2D eigenvalue weighted by molar-refractivity contribution is 0.102. The summed E-state index contributed by atoms with van der Waals surface area (Å²) in [5, 5.41) is 8.02. The second-order valence-electron chi connectivity index (χ2n) is 5.20. The van der Waals surface area contributed by atoms with Crippen LogP contribution in [-0.4, -0.2) is 15.7 Å². The highest BCUT2D eigenvalue weighted by Gasteiger charge is 2.13. The van der Waals surface area contributed by atoms with Gasteiger partial charge in [0, 0.05) is 21.3 Å². The van der Waals surface area contributed by atoms with Gasteiger partial charge in [-0.25, -0.2) is 4.68 Å². The van der Waals surface area contributed by atoms with Crippen LogP contribution in [0.25, 0.3) is 5.69 Å². The van der Waals surface area contributed by atoms with E-state index < -0.39 is 0 Å². The highest BCUT2D eigenvalue weighted by Crippen LogP contribution is 2.21. The van der Waals surface area contributed by atoms with Crippen molar-refractivity contribution in [3.63, 3.8) is 0 Å². The lowest BCUT2D eigenvalue weighted by Crippen LogP contribution is -2.13. The van der Waals surface area contributed by atoms with Gasteiger partial charge in [0.25, 0.3) is 5.91 Å². The number of aryl methyl sites for hydroxylation is 1. The normalized spacial score (nSPS) is 10.6. The first-order valence-electron chi connectivity index (χ1n) is 7.49. The fourth-order valence-corrected chi connectivity index (χ4v) is 2.96. The number of benzene rings is 2. The van der Waals surface area contributed by atoms with Crippen molar-refractivity contribution in [1.82, 2.24) is 9.78 Å². The molecule has 1 aromatic heterocycles. The number of hydrogen-bond acceptors (Lipinski definition) is 2. The summed E-state index contributed by atoms with van der Waals surface area (Å²) in [7, 11) is 0. The predicted molar refractivity (Wildman–Crippen MR) is 100 cm³/mol. The van der Waals surface area contributed by atoms with Crippen molar-refractivity contribution in [2.24, 2.45) is 0 Å². The molecule has 3 rings (SSSR count). The lowest BCUT2D eigenvalue weighted by Gasteiger charge is -2.06. The highest BCUT2D eigenvalue weighted by molar-refractivity contribution is 9.10. The Bertz CT molecular complexity index is 874. The molecule has 0 fully saturated rings. The van der Waals surface area contributed by atoms with E-state index in [1.807, 2.05) is 60.1 Å². The van der Waals surface area contributed by atoms with Gasteiger partial charge in [0.2, 0.25) is 0 Å². The largest absolute Gasteiger partial charge is 0.305 e. The number of halogens is 2. The molecular formula is C18H15BrClN3O. The van der Waals surface area contributed by atoms with E-state index in [-0.39, 0.29) is 5.91 Å². The quantitative estimate of drug-likeness (QED) is 0.657. The van der Waals surface area contributed by atoms with Gasteiger partial charge in [0.15, 0.2) is 5.82 Å². The fraction of sp³-hybridized carbons (Fsp3) is 0.111. The van der Waals surface area contributed by atoms with Crippen LogP contribution >= 0.6 is 27.5 Å². The third-order valence-corrected chi connectivity index (χ3v) is 4.52. The minimum Gasteiger partial charge on any atom is -0.305 e. The van der Waals surface area contributed by atoms with Gasteiger partial charge in [-0.05, 0) is 58.7 Å². The average molecular weight is 405 g/mol. The van der Waals surface area contributed by atoms with Crippen molar-refractivity contribution in [1.29, 1.82) is 0 Å². The molecule has 0 aliphatic carbocycles. The molecule has 0 saturated heterocycles. The van der Waals surface area contributed by atoms with Gasteiger partial charge in [-0.1, -0.05) is 30.7 Å². The Morgan fingerprint density at radius 3 is 2.58 bits per heavy atom. The van der Waals surface area contributed by atoms with Crippen molar-refractivity contribution in [3.05, 3.63) is 75.4 Å². The number of hydrogen-bond donors (Lipinski definition) is 1. The zero-order chi connectivity index (χ0) is 17.1. The second-order valence-corrected chi connectivity index (χ2v) is 6.49. The molecule has 24 heavy (non-hydrogen) atoms. The van der Waals surface area contributed by atoms with Crippen LogP contribution in [0.3, 0.4) is 0 Å². The molecule has 0 unspecified atom stereocenters. The first-order chi connectivity index (χ1) is 11.6. The van der Waals surface area contributed by atoms with Gasteiger partial charge in [-0.3, -0.25) is 4.79 Å². The molecule has 4 nitrogen and oxygen atoms in total. The first kappa shape index (κ1) is 16.7. The van der Waals surface area contributed by atoms with Crippen LogP contribution in [-0.2, 0) is 6.42 Å². The Kier molecular flexibility index (Phi) is 5.02. The van der Waals surface area contributed by atoms with E-state index in [4.69, 9.17) is 11.6 Å². The topological polar surface area (TPSA) is 46.9 Å². The lowest BCUT2D eigenvalue weighted by atomic mass is 10.2. The fourth-order valence-electron chi connectivity index (χ4n) is 2.37. The molecule has 1 heterocycles. The van der Waals surface area contributed by atoms with Crippen LogP contribution in [0.2, 0.25) is 5.02 Å². The number of nitrogens with one attached hydrogen (secondary N) is 1. The first-order valence-corrected chi connectivity index (χ1v) is 8.66. The minimum atomic E-state index is -0.203. The predicted octanol–water partition coefficient (Wildman–Crippen LogP) is 5.10. The van der Waals surface area contributed by atoms with Gasteiger partial charge in [0.05, 0.1) is 11.3 Å². The molecule has 1 N–H and O–H groups in total. The zero-order valence-corrected chi connectivity index (χ0v) is 15.3. The number of aromatic nitrogens is 2. The molecule has 0 bridgehead atoms. The van der Waals surface area contributed by atoms with E-state index in [0.29, 0.717) is 16.4 Å².